The molecule has 0 bridgehead atoms. The van der Waals surface area contributed by atoms with E-state index in [9.17, 15) is 0 Å². The molecule has 2 aliphatic heterocycles. The highest BCUT2D eigenvalue weighted by Gasteiger charge is 2.48. The predicted molar refractivity (Wildman–Crippen MR) is 35.1 cm³/mol. The molecule has 52 valence electrons. The van der Waals surface area contributed by atoms with Gasteiger partial charge in [-0.3, -0.25) is 4.57 Å². The van der Waals surface area contributed by atoms with Crippen molar-refractivity contribution >= 4 is 8.72 Å². The van der Waals surface area contributed by atoms with Gasteiger partial charge >= 0.3 is 8.72 Å². The number of rotatable bonds is 0. The second kappa shape index (κ2) is 1.79. The fourth-order valence-electron chi connectivity index (χ4n) is 1.43. The highest BCUT2D eigenvalue weighted by atomic mass is 28.4. The van der Waals surface area contributed by atoms with Gasteiger partial charge in [0.15, 0.2) is 0 Å². The van der Waals surface area contributed by atoms with Gasteiger partial charge in [0.2, 0.25) is 0 Å². The van der Waals surface area contributed by atoms with Crippen molar-refractivity contribution in [1.82, 2.24) is 4.57 Å². The molecule has 0 unspecified atom stereocenters. The Morgan fingerprint density at radius 3 is 2.22 bits per heavy atom. The summed E-state index contributed by atoms with van der Waals surface area (Å²) in [5, 5.41) is 0. The van der Waals surface area contributed by atoms with E-state index in [4.69, 9.17) is 8.85 Å². The lowest BCUT2D eigenvalue weighted by Crippen LogP contribution is -2.43. The molecule has 0 aliphatic carbocycles. The van der Waals surface area contributed by atoms with Crippen molar-refractivity contribution in [1.29, 1.82) is 0 Å². The zero-order valence-corrected chi connectivity index (χ0v) is 6.59. The van der Waals surface area contributed by atoms with Crippen LogP contribution in [-0.4, -0.2) is 39.6 Å². The van der Waals surface area contributed by atoms with E-state index in [1.165, 1.54) is 0 Å². The molecule has 3 nitrogen and oxygen atoms in total. The minimum absolute atomic E-state index is 0.878. The highest BCUT2D eigenvalue weighted by molar-refractivity contribution is 6.64. The van der Waals surface area contributed by atoms with Gasteiger partial charge in [-0.25, -0.2) is 0 Å². The summed E-state index contributed by atoms with van der Waals surface area (Å²) < 4.78 is 13.4. The minimum Gasteiger partial charge on any atom is -0.381 e. The summed E-state index contributed by atoms with van der Waals surface area (Å²) in [6.45, 7) is 6.05. The molecule has 0 aromatic carbocycles. The summed E-state index contributed by atoms with van der Waals surface area (Å²) in [5.74, 6) is 0. The van der Waals surface area contributed by atoms with E-state index in [1.807, 2.05) is 0 Å². The van der Waals surface area contributed by atoms with Crippen molar-refractivity contribution in [3.05, 3.63) is 0 Å². The van der Waals surface area contributed by atoms with Gasteiger partial charge in [-0.05, 0) is 6.55 Å². The van der Waals surface area contributed by atoms with Crippen molar-refractivity contribution < 1.29 is 8.85 Å². The summed E-state index contributed by atoms with van der Waals surface area (Å²) in [7, 11) is -1.72. The number of hydrogen-bond donors (Lipinski definition) is 0. The van der Waals surface area contributed by atoms with Crippen LogP contribution in [0.3, 0.4) is 0 Å². The smallest absolute Gasteiger partial charge is 0.381 e. The van der Waals surface area contributed by atoms with Gasteiger partial charge in [0.05, 0.1) is 0 Å². The van der Waals surface area contributed by atoms with Crippen LogP contribution in [0.2, 0.25) is 6.55 Å². The fraction of sp³-hybridized carbons (Fsp3) is 1.00. The normalized spacial score (nSPS) is 33.0. The van der Waals surface area contributed by atoms with Crippen LogP contribution in [0, 0.1) is 0 Å². The Bertz CT molecular complexity index is 120. The molecule has 4 heteroatoms. The fourth-order valence-corrected chi connectivity index (χ4v) is 3.82. The first kappa shape index (κ1) is 5.85. The molecule has 2 saturated heterocycles. The first-order valence-corrected chi connectivity index (χ1v) is 5.61. The largest absolute Gasteiger partial charge is 0.424 e. The van der Waals surface area contributed by atoms with Crippen LogP contribution in [0.4, 0.5) is 0 Å². The Kier molecular flexibility index (Phi) is 1.16. The van der Waals surface area contributed by atoms with Crippen molar-refractivity contribution in [2.24, 2.45) is 0 Å². The zero-order chi connectivity index (χ0) is 6.32. The third kappa shape index (κ3) is 0.745. The Morgan fingerprint density at radius 1 is 1.22 bits per heavy atom. The lowest BCUT2D eigenvalue weighted by molar-refractivity contribution is 0.226. The van der Waals surface area contributed by atoms with Crippen LogP contribution >= 0.6 is 0 Å². The van der Waals surface area contributed by atoms with Gasteiger partial charge in [-0.1, -0.05) is 0 Å². The Labute approximate surface area is 55.9 Å². The van der Waals surface area contributed by atoms with Gasteiger partial charge in [0.1, 0.15) is 0 Å². The Hall–Kier alpha value is 0.0969. The molecule has 0 saturated carbocycles. The Morgan fingerprint density at radius 2 is 1.78 bits per heavy atom. The molecule has 0 aromatic heterocycles. The molecule has 0 amide bonds. The molecular formula is C5H11NO2Si. The van der Waals surface area contributed by atoms with Crippen LogP contribution in [0.5, 0.6) is 0 Å². The van der Waals surface area contributed by atoms with Crippen LogP contribution in [0.25, 0.3) is 0 Å². The molecule has 0 spiro atoms. The first-order valence-electron chi connectivity index (χ1n) is 3.34. The van der Waals surface area contributed by atoms with Gasteiger partial charge in [-0.2, -0.15) is 0 Å². The second-order valence-corrected chi connectivity index (χ2v) is 5.59. The number of hydrogen-bond acceptors (Lipinski definition) is 3. The van der Waals surface area contributed by atoms with Crippen molar-refractivity contribution in [3.63, 3.8) is 0 Å². The topological polar surface area (TPSA) is 21.7 Å². The standard InChI is InChI=1S/C5H11NO2Si/c1-9-6(2-4-7-9)3-5-8-9/h2-5H2,1H3. The van der Waals surface area contributed by atoms with E-state index in [1.54, 1.807) is 0 Å². The SMILES string of the molecule is C[Si]12OCCN1CCO2. The maximum atomic E-state index is 5.51. The maximum Gasteiger partial charge on any atom is 0.424 e. The third-order valence-corrected chi connectivity index (χ3v) is 5.11. The average molecular weight is 145 g/mol. The predicted octanol–water partition coefficient (Wildman–Crippen LogP) is -0.0825. The van der Waals surface area contributed by atoms with E-state index < -0.39 is 8.72 Å². The first-order chi connectivity index (χ1) is 4.31. The van der Waals surface area contributed by atoms with Gasteiger partial charge < -0.3 is 8.85 Å². The molecule has 0 aromatic rings. The summed E-state index contributed by atoms with van der Waals surface area (Å²) in [4.78, 5) is 0. The zero-order valence-electron chi connectivity index (χ0n) is 5.59. The summed E-state index contributed by atoms with van der Waals surface area (Å²) in [6.07, 6.45) is 0. The lowest BCUT2D eigenvalue weighted by Gasteiger charge is -2.18. The highest BCUT2D eigenvalue weighted by Crippen LogP contribution is 2.23. The van der Waals surface area contributed by atoms with E-state index in [0.29, 0.717) is 0 Å². The van der Waals surface area contributed by atoms with E-state index in [2.05, 4.69) is 11.1 Å². The number of nitrogens with zero attached hydrogens (tertiary/aromatic N) is 1. The lowest BCUT2D eigenvalue weighted by atomic mass is 10.6. The van der Waals surface area contributed by atoms with E-state index in [0.717, 1.165) is 26.3 Å². The quantitative estimate of drug-likeness (QED) is 0.445. The molecule has 0 N–H and O–H groups in total. The van der Waals surface area contributed by atoms with Crippen LogP contribution in [0.1, 0.15) is 0 Å². The molecule has 2 aliphatic rings. The average Bonchev–Trinajstić information content (AvgIpc) is 2.22. The van der Waals surface area contributed by atoms with Crippen LogP contribution < -0.4 is 0 Å². The minimum atomic E-state index is -1.72. The molecular weight excluding hydrogens is 134 g/mol. The van der Waals surface area contributed by atoms with Crippen LogP contribution in [0.15, 0.2) is 0 Å². The van der Waals surface area contributed by atoms with Crippen molar-refractivity contribution in [2.75, 3.05) is 26.3 Å². The second-order valence-electron chi connectivity index (χ2n) is 2.58. The van der Waals surface area contributed by atoms with E-state index in [-0.39, 0.29) is 0 Å². The maximum absolute atomic E-state index is 5.51. The summed E-state index contributed by atoms with van der Waals surface area (Å²) >= 11 is 0. The van der Waals surface area contributed by atoms with Crippen LogP contribution in [-0.2, 0) is 8.85 Å². The molecule has 2 fully saturated rings. The molecule has 0 atom stereocenters. The number of fused-ring (bicyclic) bond motifs is 1. The van der Waals surface area contributed by atoms with Gasteiger partial charge in [0.25, 0.3) is 0 Å². The monoisotopic (exact) mass is 145 g/mol. The third-order valence-electron chi connectivity index (χ3n) is 2.04. The summed E-state index contributed by atoms with van der Waals surface area (Å²) in [6, 6.07) is 0. The Balaban J connectivity index is 2.17. The van der Waals surface area contributed by atoms with Crippen molar-refractivity contribution in [2.45, 2.75) is 6.55 Å². The summed E-state index contributed by atoms with van der Waals surface area (Å²) in [5.41, 5.74) is 0. The van der Waals surface area contributed by atoms with Crippen molar-refractivity contribution in [3.8, 4) is 0 Å². The molecule has 2 rings (SSSR count). The van der Waals surface area contributed by atoms with Gasteiger partial charge in [-0.15, -0.1) is 0 Å². The molecule has 9 heavy (non-hydrogen) atoms. The van der Waals surface area contributed by atoms with E-state index >= 15 is 0 Å². The van der Waals surface area contributed by atoms with Gasteiger partial charge in [0, 0.05) is 26.3 Å². The molecule has 2 heterocycles. The molecule has 0 radical (unpaired) electrons.